The molecule has 0 aromatic carbocycles. The van der Waals surface area contributed by atoms with Crippen LogP contribution in [0.5, 0.6) is 0 Å². The molecule has 3 rings (SSSR count). The molecule has 2 aromatic heterocycles. The Morgan fingerprint density at radius 2 is 2.00 bits per heavy atom. The van der Waals surface area contributed by atoms with Gasteiger partial charge in [0.05, 0.1) is 16.7 Å². The number of nitrogens with zero attached hydrogens (tertiary/aromatic N) is 4. The van der Waals surface area contributed by atoms with Crippen molar-refractivity contribution in [3.63, 3.8) is 0 Å². The second-order valence-corrected chi connectivity index (χ2v) is 8.70. The molecular formula is C17H20F3N5O3S. The van der Waals surface area contributed by atoms with Crippen molar-refractivity contribution in [1.29, 1.82) is 0 Å². The molecule has 0 bridgehead atoms. The molecule has 1 aliphatic carbocycles. The average Bonchev–Trinajstić information content (AvgIpc) is 3.27. The van der Waals surface area contributed by atoms with Crippen LogP contribution in [0.25, 0.3) is 5.82 Å². The summed E-state index contributed by atoms with van der Waals surface area (Å²) >= 11 is 0. The molecule has 0 radical (unpaired) electrons. The van der Waals surface area contributed by atoms with Crippen molar-refractivity contribution >= 4 is 21.9 Å². The highest BCUT2D eigenvalue weighted by Crippen LogP contribution is 2.36. The lowest BCUT2D eigenvalue weighted by Crippen LogP contribution is -2.19. The van der Waals surface area contributed by atoms with Crippen LogP contribution in [0.3, 0.4) is 0 Å². The van der Waals surface area contributed by atoms with E-state index in [9.17, 15) is 21.6 Å². The maximum absolute atomic E-state index is 13.6. The van der Waals surface area contributed by atoms with Crippen molar-refractivity contribution in [1.82, 2.24) is 14.8 Å². The molecule has 1 N–H and O–H groups in total. The first-order valence-electron chi connectivity index (χ1n) is 8.81. The van der Waals surface area contributed by atoms with Gasteiger partial charge in [-0.15, -0.1) is 0 Å². The van der Waals surface area contributed by atoms with E-state index >= 15 is 0 Å². The maximum atomic E-state index is 13.6. The summed E-state index contributed by atoms with van der Waals surface area (Å²) in [5.41, 5.74) is -1.42. The minimum absolute atomic E-state index is 0.0171. The lowest BCUT2D eigenvalue weighted by atomic mass is 10.2. The van der Waals surface area contributed by atoms with Gasteiger partial charge in [0.2, 0.25) is 0 Å². The van der Waals surface area contributed by atoms with Crippen molar-refractivity contribution in [2.45, 2.75) is 42.8 Å². The summed E-state index contributed by atoms with van der Waals surface area (Å²) < 4.78 is 65.1. The fourth-order valence-corrected chi connectivity index (χ4v) is 3.71. The van der Waals surface area contributed by atoms with Crippen molar-refractivity contribution in [3.8, 4) is 5.82 Å². The lowest BCUT2D eigenvalue weighted by Gasteiger charge is -2.16. The van der Waals surface area contributed by atoms with E-state index in [1.807, 2.05) is 0 Å². The van der Waals surface area contributed by atoms with Crippen LogP contribution < -0.4 is 5.32 Å². The van der Waals surface area contributed by atoms with Gasteiger partial charge >= 0.3 is 6.18 Å². The second kappa shape index (κ2) is 8.01. The largest absolute Gasteiger partial charge is 0.435 e. The van der Waals surface area contributed by atoms with E-state index in [1.165, 1.54) is 19.2 Å². The maximum Gasteiger partial charge on any atom is 0.435 e. The zero-order valence-corrected chi connectivity index (χ0v) is 16.6. The Morgan fingerprint density at radius 1 is 1.31 bits per heavy atom. The first-order valence-corrected chi connectivity index (χ1v) is 10.7. The number of alkyl halides is 3. The minimum atomic E-state index is -4.74. The van der Waals surface area contributed by atoms with Gasteiger partial charge in [-0.2, -0.15) is 23.0 Å². The minimum Gasteiger partial charge on any atom is -0.399 e. The number of rotatable bonds is 6. The van der Waals surface area contributed by atoms with Crippen LogP contribution in [0.15, 0.2) is 28.4 Å². The number of anilines is 1. The standard InChI is InChI=1S/C17H20F3N5O3S/c1-28-22-10-13-15(17(18,19)20)24-25(16(13)23-11-5-3-4-6-11)14-8-7-12(9-21-14)29(2,26)27/h7-11,23H,3-6H2,1-2H3/b22-10-. The zero-order valence-electron chi connectivity index (χ0n) is 15.8. The smallest absolute Gasteiger partial charge is 0.399 e. The number of pyridine rings is 1. The molecule has 158 valence electrons. The van der Waals surface area contributed by atoms with Crippen molar-refractivity contribution in [2.24, 2.45) is 5.16 Å². The molecule has 29 heavy (non-hydrogen) atoms. The van der Waals surface area contributed by atoms with E-state index in [4.69, 9.17) is 0 Å². The molecule has 2 heterocycles. The molecule has 0 amide bonds. The number of hydrogen-bond acceptors (Lipinski definition) is 7. The van der Waals surface area contributed by atoms with Crippen LogP contribution in [0.1, 0.15) is 36.9 Å². The monoisotopic (exact) mass is 431 g/mol. The Kier molecular flexibility index (Phi) is 5.82. The van der Waals surface area contributed by atoms with Crippen LogP contribution >= 0.6 is 0 Å². The molecule has 0 saturated heterocycles. The van der Waals surface area contributed by atoms with Crippen LogP contribution in [0.2, 0.25) is 0 Å². The van der Waals surface area contributed by atoms with E-state index < -0.39 is 21.7 Å². The highest BCUT2D eigenvalue weighted by Gasteiger charge is 2.40. The molecule has 1 fully saturated rings. The van der Waals surface area contributed by atoms with E-state index in [0.29, 0.717) is 0 Å². The quantitative estimate of drug-likeness (QED) is 0.558. The fraction of sp³-hybridized carbons (Fsp3) is 0.471. The summed E-state index contributed by atoms with van der Waals surface area (Å²) in [6, 6.07) is 2.56. The third kappa shape index (κ3) is 4.69. The van der Waals surface area contributed by atoms with Gasteiger partial charge in [-0.1, -0.05) is 18.0 Å². The Labute approximate surface area is 165 Å². The highest BCUT2D eigenvalue weighted by atomic mass is 32.2. The normalized spacial score (nSPS) is 15.9. The number of nitrogens with one attached hydrogen (secondary N) is 1. The zero-order chi connectivity index (χ0) is 21.2. The van der Waals surface area contributed by atoms with Gasteiger partial charge in [0.15, 0.2) is 21.3 Å². The molecule has 0 spiro atoms. The van der Waals surface area contributed by atoms with Crippen molar-refractivity contribution < 1.29 is 26.4 Å². The molecule has 8 nitrogen and oxygen atoms in total. The molecule has 0 unspecified atom stereocenters. The van der Waals surface area contributed by atoms with Gasteiger partial charge in [0.25, 0.3) is 0 Å². The summed E-state index contributed by atoms with van der Waals surface area (Å²) in [4.78, 5) is 8.52. The summed E-state index contributed by atoms with van der Waals surface area (Å²) in [6.45, 7) is 0. The average molecular weight is 431 g/mol. The SMILES string of the molecule is CO/N=C\c1c(C(F)(F)F)nn(-c2ccc(S(C)(=O)=O)cn2)c1NC1CCCC1. The second-order valence-electron chi connectivity index (χ2n) is 6.69. The van der Waals surface area contributed by atoms with E-state index in [0.717, 1.165) is 49.0 Å². The predicted octanol–water partition coefficient (Wildman–Crippen LogP) is 3.02. The van der Waals surface area contributed by atoms with Crippen LogP contribution in [0.4, 0.5) is 19.0 Å². The summed E-state index contributed by atoms with van der Waals surface area (Å²) in [6.07, 6.45) is 1.89. The third-order valence-electron chi connectivity index (χ3n) is 4.54. The lowest BCUT2D eigenvalue weighted by molar-refractivity contribution is -0.141. The molecular weight excluding hydrogens is 411 g/mol. The fourth-order valence-electron chi connectivity index (χ4n) is 3.15. The highest BCUT2D eigenvalue weighted by molar-refractivity contribution is 7.90. The summed E-state index contributed by atoms with van der Waals surface area (Å²) in [5, 5.41) is 10.3. The van der Waals surface area contributed by atoms with Gasteiger partial charge < -0.3 is 10.2 Å². The number of aromatic nitrogens is 3. The topological polar surface area (TPSA) is 98.5 Å². The number of halogens is 3. The van der Waals surface area contributed by atoms with Gasteiger partial charge in [0.1, 0.15) is 12.9 Å². The first-order chi connectivity index (χ1) is 13.6. The van der Waals surface area contributed by atoms with Gasteiger partial charge in [-0.05, 0) is 25.0 Å². The van der Waals surface area contributed by atoms with Gasteiger partial charge in [-0.25, -0.2) is 13.4 Å². The number of hydrogen-bond donors (Lipinski definition) is 1. The van der Waals surface area contributed by atoms with E-state index in [2.05, 4.69) is 25.4 Å². The Hall–Kier alpha value is -2.63. The Bertz CT molecular complexity index is 995. The summed E-state index contributed by atoms with van der Waals surface area (Å²) in [5.74, 6) is 0.116. The van der Waals surface area contributed by atoms with E-state index in [-0.39, 0.29) is 28.1 Å². The Balaban J connectivity index is 2.15. The van der Waals surface area contributed by atoms with E-state index in [1.54, 1.807) is 0 Å². The van der Waals surface area contributed by atoms with Gasteiger partial charge in [0, 0.05) is 18.5 Å². The molecule has 0 atom stereocenters. The summed E-state index contributed by atoms with van der Waals surface area (Å²) in [7, 11) is -2.27. The first kappa shape index (κ1) is 21.1. The van der Waals surface area contributed by atoms with Crippen LogP contribution in [-0.2, 0) is 20.9 Å². The van der Waals surface area contributed by atoms with Crippen LogP contribution in [-0.4, -0.2) is 48.8 Å². The van der Waals surface area contributed by atoms with Crippen molar-refractivity contribution in [2.75, 3.05) is 18.7 Å². The molecule has 1 saturated carbocycles. The van der Waals surface area contributed by atoms with Crippen LogP contribution in [0, 0.1) is 0 Å². The molecule has 12 heteroatoms. The van der Waals surface area contributed by atoms with Crippen molar-refractivity contribution in [3.05, 3.63) is 29.6 Å². The Morgan fingerprint density at radius 3 is 2.52 bits per heavy atom. The third-order valence-corrected chi connectivity index (χ3v) is 5.64. The predicted molar refractivity (Wildman–Crippen MR) is 100.0 cm³/mol. The molecule has 2 aromatic rings. The molecule has 1 aliphatic rings. The number of oxime groups is 1. The number of sulfone groups is 1. The van der Waals surface area contributed by atoms with Gasteiger partial charge in [-0.3, -0.25) is 0 Å². The molecule has 0 aliphatic heterocycles.